The maximum absolute atomic E-state index is 13.8. The predicted molar refractivity (Wildman–Crippen MR) is 95.9 cm³/mol. The Hall–Kier alpha value is -3.45. The lowest BCUT2D eigenvalue weighted by Crippen LogP contribution is -2.48. The van der Waals surface area contributed by atoms with E-state index in [-0.39, 0.29) is 28.5 Å². The first-order chi connectivity index (χ1) is 14.8. The van der Waals surface area contributed by atoms with Crippen LogP contribution >= 0.6 is 0 Å². The minimum Gasteiger partial charge on any atom is -0.435 e. The molecule has 0 aliphatic carbocycles. The smallest absolute Gasteiger partial charge is 0.435 e. The highest BCUT2D eigenvalue weighted by Gasteiger charge is 2.58. The second kappa shape index (κ2) is 7.91. The molecule has 0 aliphatic heterocycles. The number of esters is 1. The topological polar surface area (TPSA) is 95.4 Å². The van der Waals surface area contributed by atoms with Gasteiger partial charge in [0.2, 0.25) is 0 Å². The van der Waals surface area contributed by atoms with Crippen LogP contribution in [0, 0.1) is 13.8 Å². The molecule has 0 spiro atoms. The normalized spacial score (nSPS) is 12.7. The van der Waals surface area contributed by atoms with Gasteiger partial charge in [-0.15, -0.1) is 0 Å². The van der Waals surface area contributed by atoms with Crippen molar-refractivity contribution in [1.29, 1.82) is 0 Å². The zero-order valence-electron chi connectivity index (χ0n) is 16.3. The number of anilines is 1. The summed E-state index contributed by atoms with van der Waals surface area (Å²) in [5.74, 6) is -2.99. The van der Waals surface area contributed by atoms with E-state index < -0.39 is 36.2 Å². The summed E-state index contributed by atoms with van der Waals surface area (Å²) >= 11 is 0. The summed E-state index contributed by atoms with van der Waals surface area (Å²) < 4.78 is 98.0. The quantitative estimate of drug-likeness (QED) is 0.455. The first-order valence-corrected chi connectivity index (χ1v) is 8.74. The number of carbonyl (C=O) groups excluding carboxylic acids is 1. The van der Waals surface area contributed by atoms with E-state index in [0.717, 1.165) is 18.2 Å². The lowest BCUT2D eigenvalue weighted by atomic mass is 9.90. The molecule has 2 heterocycles. The minimum atomic E-state index is -5.77. The van der Waals surface area contributed by atoms with Crippen LogP contribution in [0.4, 0.5) is 36.6 Å². The number of benzene rings is 1. The van der Waals surface area contributed by atoms with E-state index in [0.29, 0.717) is 5.56 Å². The van der Waals surface area contributed by atoms with Crippen LogP contribution in [0.5, 0.6) is 0 Å². The van der Waals surface area contributed by atoms with Gasteiger partial charge >= 0.3 is 12.1 Å². The third-order valence-corrected chi connectivity index (χ3v) is 4.60. The van der Waals surface area contributed by atoms with Crippen molar-refractivity contribution in [3.63, 3.8) is 0 Å². The van der Waals surface area contributed by atoms with Crippen molar-refractivity contribution >= 4 is 17.4 Å². The largest absolute Gasteiger partial charge is 0.490 e. The lowest BCUT2D eigenvalue weighted by molar-refractivity contribution is -0.250. The Labute approximate surface area is 175 Å². The van der Waals surface area contributed by atoms with Crippen LogP contribution < -0.4 is 5.73 Å². The average Bonchev–Trinajstić information content (AvgIpc) is 3.09. The number of nitrogens with zero attached hydrogens (tertiary/aromatic N) is 4. The van der Waals surface area contributed by atoms with Gasteiger partial charge in [-0.25, -0.2) is 36.8 Å². The maximum Gasteiger partial charge on any atom is 0.490 e. The van der Waals surface area contributed by atoms with Crippen LogP contribution in [0.3, 0.4) is 0 Å². The van der Waals surface area contributed by atoms with Gasteiger partial charge in [-0.05, 0) is 25.5 Å². The zero-order chi connectivity index (χ0) is 24.0. The number of carbonyl (C=O) groups is 1. The van der Waals surface area contributed by atoms with Crippen LogP contribution in [0.1, 0.15) is 17.0 Å². The SMILES string of the molecule is Cc1nc(N)c2ncc(-c3cc(C(OC(=O)C(F)(F)F)(C(F)F)C(F)F)ccc3C)n2n1. The highest BCUT2D eigenvalue weighted by molar-refractivity contribution is 5.77. The molecule has 32 heavy (non-hydrogen) atoms. The fourth-order valence-corrected chi connectivity index (χ4v) is 3.04. The number of imidazole rings is 1. The molecule has 0 fully saturated rings. The molecule has 0 unspecified atom stereocenters. The molecule has 0 radical (unpaired) electrons. The van der Waals surface area contributed by atoms with Crippen molar-refractivity contribution in [3.05, 3.63) is 41.3 Å². The number of nitrogens with two attached hydrogens (primary N) is 1. The van der Waals surface area contributed by atoms with Crippen molar-refractivity contribution < 1.29 is 40.3 Å². The van der Waals surface area contributed by atoms with Gasteiger partial charge in [0.1, 0.15) is 5.82 Å². The summed E-state index contributed by atoms with van der Waals surface area (Å²) in [6.07, 6.45) is -12.9. The Morgan fingerprint density at radius 3 is 2.31 bits per heavy atom. The number of hydrogen-bond donors (Lipinski definition) is 1. The number of rotatable bonds is 5. The second-order valence-electron chi connectivity index (χ2n) is 6.73. The van der Waals surface area contributed by atoms with Gasteiger partial charge < -0.3 is 10.5 Å². The summed E-state index contributed by atoms with van der Waals surface area (Å²) in [4.78, 5) is 19.1. The molecule has 0 aliphatic rings. The lowest BCUT2D eigenvalue weighted by Gasteiger charge is -2.32. The molecule has 3 aromatic rings. The van der Waals surface area contributed by atoms with E-state index in [1.54, 1.807) is 0 Å². The van der Waals surface area contributed by atoms with Gasteiger partial charge in [0.15, 0.2) is 11.5 Å². The molecule has 0 amide bonds. The van der Waals surface area contributed by atoms with Gasteiger partial charge in [-0.3, -0.25) is 0 Å². The van der Waals surface area contributed by atoms with E-state index in [4.69, 9.17) is 5.73 Å². The molecule has 1 aromatic carbocycles. The third kappa shape index (κ3) is 3.80. The molecule has 2 N–H and O–H groups in total. The fraction of sp³-hybridized carbons (Fsp3) is 0.333. The molecule has 2 aromatic heterocycles. The summed E-state index contributed by atoms with van der Waals surface area (Å²) in [6, 6.07) is 2.62. The number of ether oxygens (including phenoxy) is 1. The standard InChI is InChI=1S/C18H14F7N5O2/c1-7-3-4-9(17(14(19)20,15(21)22)32-16(31)18(23,24)25)5-10(7)11-6-27-13-12(26)28-8(2)29-30(11)13/h3-6,14-15H,1-2H3,(H2,26,28,29). The highest BCUT2D eigenvalue weighted by atomic mass is 19.4. The van der Waals surface area contributed by atoms with Crippen LogP contribution in [0.15, 0.2) is 24.4 Å². The van der Waals surface area contributed by atoms with E-state index >= 15 is 0 Å². The first-order valence-electron chi connectivity index (χ1n) is 8.74. The molecule has 0 atom stereocenters. The second-order valence-corrected chi connectivity index (χ2v) is 6.73. The summed E-state index contributed by atoms with van der Waals surface area (Å²) in [6.45, 7) is 2.99. The number of halogens is 7. The number of alkyl halides is 7. The van der Waals surface area contributed by atoms with Crippen molar-refractivity contribution in [1.82, 2.24) is 19.6 Å². The van der Waals surface area contributed by atoms with Gasteiger partial charge in [-0.2, -0.15) is 18.3 Å². The van der Waals surface area contributed by atoms with Crippen LogP contribution in [0.2, 0.25) is 0 Å². The predicted octanol–water partition coefficient (Wildman–Crippen LogP) is 3.82. The number of hydrogen-bond acceptors (Lipinski definition) is 6. The Kier molecular flexibility index (Phi) is 5.74. The molecule has 14 heteroatoms. The molecule has 7 nitrogen and oxygen atoms in total. The van der Waals surface area contributed by atoms with Crippen molar-refractivity contribution in [2.24, 2.45) is 0 Å². The van der Waals surface area contributed by atoms with Gasteiger partial charge in [0, 0.05) is 11.1 Å². The van der Waals surface area contributed by atoms with Crippen LogP contribution in [0.25, 0.3) is 16.9 Å². The molecule has 0 saturated carbocycles. The first kappa shape index (κ1) is 23.2. The van der Waals surface area contributed by atoms with Crippen LogP contribution in [-0.2, 0) is 15.1 Å². The summed E-state index contributed by atoms with van der Waals surface area (Å²) in [7, 11) is 0. The van der Waals surface area contributed by atoms with E-state index in [9.17, 15) is 35.5 Å². The number of fused-ring (bicyclic) bond motifs is 1. The number of aryl methyl sites for hydroxylation is 2. The van der Waals surface area contributed by atoms with Crippen LogP contribution in [-0.4, -0.2) is 44.6 Å². The molecule has 3 rings (SSSR count). The van der Waals surface area contributed by atoms with Gasteiger partial charge in [0.25, 0.3) is 18.5 Å². The van der Waals surface area contributed by atoms with Crippen molar-refractivity contribution in [3.8, 4) is 11.3 Å². The Balaban J connectivity index is 2.24. The zero-order valence-corrected chi connectivity index (χ0v) is 16.3. The average molecular weight is 465 g/mol. The van der Waals surface area contributed by atoms with E-state index in [1.165, 1.54) is 24.6 Å². The Morgan fingerprint density at radius 2 is 1.75 bits per heavy atom. The summed E-state index contributed by atoms with van der Waals surface area (Å²) in [5.41, 5.74) is 1.10. The number of aromatic nitrogens is 4. The monoisotopic (exact) mass is 465 g/mol. The maximum atomic E-state index is 13.8. The van der Waals surface area contributed by atoms with E-state index in [2.05, 4.69) is 19.8 Å². The molecule has 0 saturated heterocycles. The Bertz CT molecular complexity index is 1170. The molecule has 0 bridgehead atoms. The molecule has 172 valence electrons. The minimum absolute atomic E-state index is 0.0150. The number of nitrogen functional groups attached to an aromatic ring is 1. The highest BCUT2D eigenvalue weighted by Crippen LogP contribution is 2.42. The fourth-order valence-electron chi connectivity index (χ4n) is 3.04. The molecular formula is C18H14F7N5O2. The van der Waals surface area contributed by atoms with Gasteiger partial charge in [0.05, 0.1) is 11.9 Å². The van der Waals surface area contributed by atoms with Crippen molar-refractivity contribution in [2.75, 3.05) is 5.73 Å². The Morgan fingerprint density at radius 1 is 1.12 bits per heavy atom. The summed E-state index contributed by atoms with van der Waals surface area (Å²) in [5, 5.41) is 4.09. The van der Waals surface area contributed by atoms with Crippen molar-refractivity contribution in [2.45, 2.75) is 38.5 Å². The molecular weight excluding hydrogens is 451 g/mol. The van der Waals surface area contributed by atoms with Gasteiger partial charge in [-0.1, -0.05) is 12.1 Å². The van der Waals surface area contributed by atoms with E-state index in [1.807, 2.05) is 0 Å². The third-order valence-electron chi connectivity index (χ3n) is 4.60.